The minimum absolute atomic E-state index is 0.112. The molecule has 8 heteroatoms. The number of carbonyl (C=O) groups is 1. The van der Waals surface area contributed by atoms with E-state index in [1.165, 1.54) is 17.8 Å². The van der Waals surface area contributed by atoms with Gasteiger partial charge in [-0.1, -0.05) is 23.9 Å². The van der Waals surface area contributed by atoms with Crippen LogP contribution in [0.15, 0.2) is 45.3 Å². The van der Waals surface area contributed by atoms with Crippen molar-refractivity contribution in [2.45, 2.75) is 17.5 Å². The monoisotopic (exact) mass is 423 g/mol. The van der Waals surface area contributed by atoms with Crippen molar-refractivity contribution in [3.8, 4) is 0 Å². The third-order valence-electron chi connectivity index (χ3n) is 3.98. The van der Waals surface area contributed by atoms with Gasteiger partial charge in [0, 0.05) is 25.1 Å². The Balaban J connectivity index is 2.16. The van der Waals surface area contributed by atoms with E-state index < -0.39 is 11.7 Å². The number of rotatable bonds is 4. The van der Waals surface area contributed by atoms with Crippen LogP contribution in [0.3, 0.4) is 0 Å². The third-order valence-corrected chi connectivity index (χ3v) is 5.61. The predicted molar refractivity (Wildman–Crippen MR) is 99.6 cm³/mol. The van der Waals surface area contributed by atoms with Gasteiger partial charge in [0.1, 0.15) is 11.6 Å². The number of benzene rings is 1. The molecule has 25 heavy (non-hydrogen) atoms. The highest BCUT2D eigenvalue weighted by molar-refractivity contribution is 9.10. The molecule has 2 heterocycles. The fourth-order valence-electron chi connectivity index (χ4n) is 2.81. The standard InChI is InChI=1S/C17H15BrFN3O2S/c1-3-6-25-17-21-16(24)14-10(8-13(23)20-15(14)22(17)2)9-4-5-12(19)11(18)7-9/h3-5,7,10H,1,6,8H2,2H3,(H,20,23)/t10-/m0/s1. The SMILES string of the molecule is C=CCSc1nc(=O)c2c(n1C)NC(=O)C[C@H]2c1ccc(F)c(Br)c1. The number of carbonyl (C=O) groups excluding carboxylic acids is 1. The first-order chi connectivity index (χ1) is 11.9. The number of aromatic nitrogens is 2. The van der Waals surface area contributed by atoms with Crippen LogP contribution in [0.25, 0.3) is 0 Å². The molecule has 1 N–H and O–H groups in total. The molecule has 0 saturated carbocycles. The minimum atomic E-state index is -0.467. The van der Waals surface area contributed by atoms with Gasteiger partial charge in [-0.3, -0.25) is 9.59 Å². The molecule has 1 aliphatic heterocycles. The molecule has 1 amide bonds. The highest BCUT2D eigenvalue weighted by Gasteiger charge is 2.32. The fourth-order valence-corrected chi connectivity index (χ4v) is 3.91. The zero-order valence-electron chi connectivity index (χ0n) is 13.4. The quantitative estimate of drug-likeness (QED) is 0.464. The summed E-state index contributed by atoms with van der Waals surface area (Å²) >= 11 is 4.52. The molecule has 0 unspecified atom stereocenters. The number of hydrogen-bond donors (Lipinski definition) is 1. The fraction of sp³-hybridized carbons (Fsp3) is 0.235. The lowest BCUT2D eigenvalue weighted by Gasteiger charge is -2.27. The van der Waals surface area contributed by atoms with Gasteiger partial charge in [0.2, 0.25) is 5.91 Å². The maximum absolute atomic E-state index is 13.5. The number of fused-ring (bicyclic) bond motifs is 1. The largest absolute Gasteiger partial charge is 0.312 e. The van der Waals surface area contributed by atoms with Crippen molar-refractivity contribution in [3.63, 3.8) is 0 Å². The summed E-state index contributed by atoms with van der Waals surface area (Å²) in [5.74, 6) is -0.0229. The molecular weight excluding hydrogens is 409 g/mol. The van der Waals surface area contributed by atoms with E-state index in [1.807, 2.05) is 0 Å². The molecule has 0 bridgehead atoms. The summed E-state index contributed by atoms with van der Waals surface area (Å²) in [6, 6.07) is 4.51. The lowest BCUT2D eigenvalue weighted by molar-refractivity contribution is -0.116. The topological polar surface area (TPSA) is 64.0 Å². The van der Waals surface area contributed by atoms with Gasteiger partial charge in [-0.05, 0) is 33.6 Å². The van der Waals surface area contributed by atoms with Crippen LogP contribution in [0, 0.1) is 5.82 Å². The summed E-state index contributed by atoms with van der Waals surface area (Å²) in [6.45, 7) is 3.65. The number of halogens is 2. The summed E-state index contributed by atoms with van der Waals surface area (Å²) in [5.41, 5.74) is 0.725. The number of nitrogens with one attached hydrogen (secondary N) is 1. The Morgan fingerprint density at radius 2 is 2.28 bits per heavy atom. The van der Waals surface area contributed by atoms with Crippen molar-refractivity contribution in [1.29, 1.82) is 0 Å². The summed E-state index contributed by atoms with van der Waals surface area (Å²) in [7, 11) is 1.75. The Labute approximate surface area is 156 Å². The summed E-state index contributed by atoms with van der Waals surface area (Å²) in [6.07, 6.45) is 1.83. The van der Waals surface area contributed by atoms with Crippen LogP contribution in [-0.4, -0.2) is 21.2 Å². The maximum atomic E-state index is 13.5. The average Bonchev–Trinajstić information content (AvgIpc) is 2.58. The van der Waals surface area contributed by atoms with Crippen LogP contribution in [0.5, 0.6) is 0 Å². The highest BCUT2D eigenvalue weighted by atomic mass is 79.9. The van der Waals surface area contributed by atoms with Crippen molar-refractivity contribution in [3.05, 3.63) is 62.6 Å². The lowest BCUT2D eigenvalue weighted by Crippen LogP contribution is -2.33. The van der Waals surface area contributed by atoms with Crippen LogP contribution in [0.2, 0.25) is 0 Å². The average molecular weight is 424 g/mol. The molecule has 2 aromatic rings. The minimum Gasteiger partial charge on any atom is -0.312 e. The lowest BCUT2D eigenvalue weighted by atomic mass is 9.87. The second-order valence-corrected chi connectivity index (χ2v) is 7.44. The van der Waals surface area contributed by atoms with Crippen molar-refractivity contribution < 1.29 is 9.18 Å². The normalized spacial score (nSPS) is 16.3. The highest BCUT2D eigenvalue weighted by Crippen LogP contribution is 2.36. The summed E-state index contributed by atoms with van der Waals surface area (Å²) in [5, 5.41) is 3.28. The number of anilines is 1. The Bertz CT molecular complexity index is 929. The molecule has 1 aromatic carbocycles. The number of thioether (sulfide) groups is 1. The van der Waals surface area contributed by atoms with E-state index in [9.17, 15) is 14.0 Å². The molecular formula is C17H15BrFN3O2S. The Morgan fingerprint density at radius 3 is 2.96 bits per heavy atom. The number of hydrogen-bond acceptors (Lipinski definition) is 4. The van der Waals surface area contributed by atoms with Crippen molar-refractivity contribution in [2.24, 2.45) is 7.05 Å². The smallest absolute Gasteiger partial charge is 0.279 e. The molecule has 0 aliphatic carbocycles. The van der Waals surface area contributed by atoms with Crippen LogP contribution in [0.1, 0.15) is 23.5 Å². The number of nitrogens with zero attached hydrogens (tertiary/aromatic N) is 2. The molecule has 1 aromatic heterocycles. The molecule has 0 spiro atoms. The first-order valence-corrected chi connectivity index (χ1v) is 9.29. The zero-order valence-corrected chi connectivity index (χ0v) is 15.8. The first-order valence-electron chi connectivity index (χ1n) is 7.51. The molecule has 5 nitrogen and oxygen atoms in total. The van der Waals surface area contributed by atoms with Crippen molar-refractivity contribution >= 4 is 39.4 Å². The van der Waals surface area contributed by atoms with Crippen LogP contribution >= 0.6 is 27.7 Å². The Hall–Kier alpha value is -1.93. The summed E-state index contributed by atoms with van der Waals surface area (Å²) in [4.78, 5) is 29.0. The van der Waals surface area contributed by atoms with E-state index in [0.29, 0.717) is 32.3 Å². The predicted octanol–water partition coefficient (Wildman–Crippen LogP) is 3.43. The van der Waals surface area contributed by atoms with Gasteiger partial charge >= 0.3 is 0 Å². The summed E-state index contributed by atoms with van der Waals surface area (Å²) < 4.78 is 15.5. The van der Waals surface area contributed by atoms with E-state index in [0.717, 1.165) is 0 Å². The molecule has 1 aliphatic rings. The van der Waals surface area contributed by atoms with Gasteiger partial charge < -0.3 is 9.88 Å². The van der Waals surface area contributed by atoms with Gasteiger partial charge in [-0.2, -0.15) is 4.98 Å². The second kappa shape index (κ2) is 7.13. The molecule has 0 saturated heterocycles. The van der Waals surface area contributed by atoms with Gasteiger partial charge in [0.25, 0.3) is 5.56 Å². The third kappa shape index (κ3) is 3.41. The number of amides is 1. The molecule has 130 valence electrons. The second-order valence-electron chi connectivity index (χ2n) is 5.60. The van der Waals surface area contributed by atoms with E-state index in [-0.39, 0.29) is 17.9 Å². The molecule has 3 rings (SSSR count). The van der Waals surface area contributed by atoms with Crippen molar-refractivity contribution in [1.82, 2.24) is 9.55 Å². The zero-order chi connectivity index (χ0) is 18.1. The molecule has 1 atom stereocenters. The van der Waals surface area contributed by atoms with E-state index >= 15 is 0 Å². The van der Waals surface area contributed by atoms with Gasteiger partial charge in [-0.25, -0.2) is 4.39 Å². The van der Waals surface area contributed by atoms with Crippen LogP contribution in [-0.2, 0) is 11.8 Å². The Kier molecular flexibility index (Phi) is 5.10. The maximum Gasteiger partial charge on any atom is 0.279 e. The van der Waals surface area contributed by atoms with E-state index in [2.05, 4.69) is 32.8 Å². The van der Waals surface area contributed by atoms with Gasteiger partial charge in [-0.15, -0.1) is 6.58 Å². The van der Waals surface area contributed by atoms with Gasteiger partial charge in [0.15, 0.2) is 5.16 Å². The molecule has 0 fully saturated rings. The Morgan fingerprint density at radius 1 is 1.52 bits per heavy atom. The first kappa shape index (κ1) is 17.9. The van der Waals surface area contributed by atoms with E-state index in [1.54, 1.807) is 29.8 Å². The van der Waals surface area contributed by atoms with Crippen LogP contribution < -0.4 is 10.9 Å². The van der Waals surface area contributed by atoms with Crippen LogP contribution in [0.4, 0.5) is 10.2 Å². The van der Waals surface area contributed by atoms with Crippen molar-refractivity contribution in [2.75, 3.05) is 11.1 Å². The van der Waals surface area contributed by atoms with Gasteiger partial charge in [0.05, 0.1) is 10.0 Å². The van der Waals surface area contributed by atoms with E-state index in [4.69, 9.17) is 0 Å². The molecule has 0 radical (unpaired) electrons.